The van der Waals surface area contributed by atoms with Gasteiger partial charge in [0, 0.05) is 22.6 Å². The zero-order valence-electron chi connectivity index (χ0n) is 18.2. The van der Waals surface area contributed by atoms with Crippen molar-refractivity contribution in [1.29, 1.82) is 0 Å². The first-order valence-corrected chi connectivity index (χ1v) is 10.3. The van der Waals surface area contributed by atoms with E-state index >= 15 is 0 Å². The molecule has 0 radical (unpaired) electrons. The van der Waals surface area contributed by atoms with E-state index in [1.54, 1.807) is 9.42 Å². The van der Waals surface area contributed by atoms with Crippen LogP contribution in [0.2, 0.25) is 0 Å². The summed E-state index contributed by atoms with van der Waals surface area (Å²) >= 11 is 0. The number of hydrogen-bond donors (Lipinski definition) is 0. The van der Waals surface area contributed by atoms with E-state index < -0.39 is 0 Å². The molecule has 0 spiro atoms. The van der Waals surface area contributed by atoms with Crippen molar-refractivity contribution in [2.75, 3.05) is 11.5 Å². The van der Waals surface area contributed by atoms with Gasteiger partial charge in [0.05, 0.1) is 13.2 Å². The maximum atomic E-state index is 13.4. The molecule has 7 nitrogen and oxygen atoms in total. The van der Waals surface area contributed by atoms with Crippen molar-refractivity contribution >= 4 is 17.4 Å². The van der Waals surface area contributed by atoms with Gasteiger partial charge in [-0.05, 0) is 70.2 Å². The van der Waals surface area contributed by atoms with E-state index in [-0.39, 0.29) is 12.5 Å². The minimum absolute atomic E-state index is 0.121. The number of hydrogen-bond acceptors (Lipinski definition) is 5. The number of nitrogens with zero attached hydrogens (tertiary/aromatic N) is 5. The highest BCUT2D eigenvalue weighted by Crippen LogP contribution is 2.23. The van der Waals surface area contributed by atoms with Crippen molar-refractivity contribution < 1.29 is 9.53 Å². The number of carbonyl (C=O) groups excluding carboxylic acids is 1. The van der Waals surface area contributed by atoms with Gasteiger partial charge in [-0.1, -0.05) is 17.7 Å². The van der Waals surface area contributed by atoms with E-state index in [1.807, 2.05) is 82.3 Å². The van der Waals surface area contributed by atoms with Crippen LogP contribution in [-0.2, 0) is 6.54 Å². The summed E-state index contributed by atoms with van der Waals surface area (Å²) in [6, 6.07) is 17.0. The normalized spacial score (nSPS) is 11.0. The average molecular weight is 415 g/mol. The Hall–Kier alpha value is -3.74. The second-order valence-electron chi connectivity index (χ2n) is 7.46. The van der Waals surface area contributed by atoms with E-state index in [0.29, 0.717) is 23.8 Å². The maximum absolute atomic E-state index is 13.4. The topological polar surface area (TPSA) is 72.6 Å². The number of aryl methyl sites for hydroxylation is 3. The van der Waals surface area contributed by atoms with Crippen molar-refractivity contribution in [2.45, 2.75) is 34.2 Å². The molecule has 7 heteroatoms. The molecule has 4 rings (SSSR count). The number of aromatic nitrogens is 4. The number of carbonyl (C=O) groups is 1. The zero-order chi connectivity index (χ0) is 22.0. The van der Waals surface area contributed by atoms with Crippen molar-refractivity contribution in [2.24, 2.45) is 0 Å². The van der Waals surface area contributed by atoms with Crippen molar-refractivity contribution in [1.82, 2.24) is 19.6 Å². The predicted molar refractivity (Wildman–Crippen MR) is 120 cm³/mol. The Morgan fingerprint density at radius 1 is 1.00 bits per heavy atom. The summed E-state index contributed by atoms with van der Waals surface area (Å²) in [6.45, 7) is 8.63. The third-order valence-corrected chi connectivity index (χ3v) is 4.96. The molecule has 0 unspecified atom stereocenters. The lowest BCUT2D eigenvalue weighted by Crippen LogP contribution is -2.31. The van der Waals surface area contributed by atoms with Crippen molar-refractivity contribution in [3.63, 3.8) is 0 Å². The first kappa shape index (κ1) is 20.5. The fourth-order valence-corrected chi connectivity index (χ4v) is 3.44. The molecular weight excluding hydrogens is 390 g/mol. The van der Waals surface area contributed by atoms with Gasteiger partial charge in [-0.3, -0.25) is 4.79 Å². The van der Waals surface area contributed by atoms with Gasteiger partial charge in [0.2, 0.25) is 0 Å². The molecule has 0 aliphatic rings. The predicted octanol–water partition coefficient (Wildman–Crippen LogP) is 4.30. The molecule has 0 saturated carbocycles. The molecule has 31 heavy (non-hydrogen) atoms. The molecule has 0 saturated heterocycles. The summed E-state index contributed by atoms with van der Waals surface area (Å²) in [5, 5.41) is 4.58. The largest absolute Gasteiger partial charge is 0.494 e. The Bertz CT molecular complexity index is 1210. The van der Waals surface area contributed by atoms with E-state index in [4.69, 9.17) is 4.74 Å². The van der Waals surface area contributed by atoms with Crippen LogP contribution in [0.15, 0.2) is 54.6 Å². The Morgan fingerprint density at radius 2 is 1.71 bits per heavy atom. The van der Waals surface area contributed by atoms with Gasteiger partial charge >= 0.3 is 0 Å². The molecule has 0 aliphatic carbocycles. The van der Waals surface area contributed by atoms with E-state index in [2.05, 4.69) is 15.1 Å². The van der Waals surface area contributed by atoms with Gasteiger partial charge in [-0.2, -0.15) is 4.98 Å². The second kappa shape index (κ2) is 8.55. The molecule has 0 atom stereocenters. The van der Waals surface area contributed by atoms with Crippen molar-refractivity contribution in [3.05, 3.63) is 82.9 Å². The maximum Gasteiger partial charge on any atom is 0.258 e. The highest BCUT2D eigenvalue weighted by molar-refractivity contribution is 6.06. The zero-order valence-corrected chi connectivity index (χ0v) is 18.2. The lowest BCUT2D eigenvalue weighted by atomic mass is 10.1. The smallest absolute Gasteiger partial charge is 0.258 e. The number of benzene rings is 2. The molecule has 2 aromatic carbocycles. The first-order chi connectivity index (χ1) is 14.9. The van der Waals surface area contributed by atoms with Crippen LogP contribution < -0.4 is 9.64 Å². The van der Waals surface area contributed by atoms with Crippen LogP contribution in [0, 0.1) is 20.8 Å². The molecule has 0 fully saturated rings. The first-order valence-electron chi connectivity index (χ1n) is 10.3. The SMILES string of the molecule is CCOc1ccc(N(Cc2nc3nc(C)cc(C)n3n2)C(=O)c2ccc(C)cc2)cc1. The monoisotopic (exact) mass is 415 g/mol. The lowest BCUT2D eigenvalue weighted by Gasteiger charge is -2.22. The molecule has 4 aromatic rings. The Morgan fingerprint density at radius 3 is 2.39 bits per heavy atom. The number of rotatable bonds is 6. The van der Waals surface area contributed by atoms with E-state index in [9.17, 15) is 4.79 Å². The fraction of sp³-hybridized carbons (Fsp3) is 0.250. The quantitative estimate of drug-likeness (QED) is 0.470. The summed E-state index contributed by atoms with van der Waals surface area (Å²) in [6.07, 6.45) is 0. The average Bonchev–Trinajstić information content (AvgIpc) is 3.16. The van der Waals surface area contributed by atoms with Crippen LogP contribution in [0.3, 0.4) is 0 Å². The highest BCUT2D eigenvalue weighted by Gasteiger charge is 2.21. The minimum atomic E-state index is -0.121. The van der Waals surface area contributed by atoms with Gasteiger partial charge in [-0.25, -0.2) is 9.50 Å². The van der Waals surface area contributed by atoms with E-state index in [1.165, 1.54) is 0 Å². The van der Waals surface area contributed by atoms with Crippen LogP contribution in [0.4, 0.5) is 5.69 Å². The number of anilines is 1. The Balaban J connectivity index is 1.71. The lowest BCUT2D eigenvalue weighted by molar-refractivity contribution is 0.0984. The molecule has 2 aromatic heterocycles. The molecule has 2 heterocycles. The number of fused-ring (bicyclic) bond motifs is 1. The standard InChI is InChI=1S/C24H25N5O2/c1-5-31-21-12-10-20(11-13-21)28(23(30)19-8-6-16(2)7-9-19)15-22-26-24-25-17(3)14-18(4)29(24)27-22/h6-14H,5,15H2,1-4H3. The second-order valence-corrected chi connectivity index (χ2v) is 7.46. The molecular formula is C24H25N5O2. The van der Waals surface area contributed by atoms with Gasteiger partial charge in [0.1, 0.15) is 5.75 Å². The van der Waals surface area contributed by atoms with Gasteiger partial charge in [0.25, 0.3) is 11.7 Å². The number of amides is 1. The van der Waals surface area contributed by atoms with Crippen molar-refractivity contribution in [3.8, 4) is 5.75 Å². The van der Waals surface area contributed by atoms with Crippen LogP contribution in [0.1, 0.15) is 40.1 Å². The summed E-state index contributed by atoms with van der Waals surface area (Å²) < 4.78 is 7.25. The van der Waals surface area contributed by atoms with Crippen LogP contribution in [0.5, 0.6) is 5.75 Å². The molecule has 0 aliphatic heterocycles. The van der Waals surface area contributed by atoms with Gasteiger partial charge < -0.3 is 9.64 Å². The van der Waals surface area contributed by atoms with E-state index in [0.717, 1.165) is 28.4 Å². The highest BCUT2D eigenvalue weighted by atomic mass is 16.5. The summed E-state index contributed by atoms with van der Waals surface area (Å²) in [5.74, 6) is 1.69. The molecule has 1 amide bonds. The molecule has 0 bridgehead atoms. The van der Waals surface area contributed by atoms with Crippen LogP contribution in [-0.4, -0.2) is 32.1 Å². The summed E-state index contributed by atoms with van der Waals surface area (Å²) in [5.41, 5.74) is 4.27. The number of ether oxygens (including phenoxy) is 1. The van der Waals surface area contributed by atoms with Crippen LogP contribution in [0.25, 0.3) is 5.78 Å². The van der Waals surface area contributed by atoms with Gasteiger partial charge in [0.15, 0.2) is 5.82 Å². The third-order valence-electron chi connectivity index (χ3n) is 4.96. The molecule has 0 N–H and O–H groups in total. The minimum Gasteiger partial charge on any atom is -0.494 e. The third kappa shape index (κ3) is 4.40. The summed E-state index contributed by atoms with van der Waals surface area (Å²) in [7, 11) is 0. The van der Waals surface area contributed by atoms with Crippen LogP contribution >= 0.6 is 0 Å². The Kier molecular flexibility index (Phi) is 5.66. The van der Waals surface area contributed by atoms with Gasteiger partial charge in [-0.15, -0.1) is 5.10 Å². The fourth-order valence-electron chi connectivity index (χ4n) is 3.44. The molecule has 158 valence electrons. The Labute approximate surface area is 181 Å². The summed E-state index contributed by atoms with van der Waals surface area (Å²) in [4.78, 5) is 24.1.